The predicted molar refractivity (Wildman–Crippen MR) is 68.3 cm³/mol. The topological polar surface area (TPSA) is 71.4 Å². The first-order valence-corrected chi connectivity index (χ1v) is 5.89. The molecule has 1 heterocycles. The summed E-state index contributed by atoms with van der Waals surface area (Å²) >= 11 is 0. The average molecular weight is 252 g/mol. The fraction of sp³-hybridized carbons (Fsp3) is 0.538. The second-order valence-corrected chi connectivity index (χ2v) is 5.12. The lowest BCUT2D eigenvalue weighted by molar-refractivity contribution is 0.0247. The lowest BCUT2D eigenvalue weighted by Crippen LogP contribution is -2.42. The van der Waals surface area contributed by atoms with Crippen LogP contribution in [0.1, 0.15) is 31.1 Å². The van der Waals surface area contributed by atoms with Crippen molar-refractivity contribution >= 4 is 5.97 Å². The summed E-state index contributed by atoms with van der Waals surface area (Å²) in [5, 5.41) is 12.8. The van der Waals surface area contributed by atoms with Gasteiger partial charge in [-0.3, -0.25) is 4.98 Å². The van der Waals surface area contributed by atoms with Gasteiger partial charge in [0.1, 0.15) is 12.7 Å². The Kier molecular flexibility index (Phi) is 5.25. The average Bonchev–Trinajstić information content (AvgIpc) is 2.33. The molecular weight excluding hydrogens is 232 g/mol. The minimum atomic E-state index is -0.713. The van der Waals surface area contributed by atoms with Crippen molar-refractivity contribution in [2.75, 3.05) is 13.2 Å². The van der Waals surface area contributed by atoms with Crippen LogP contribution in [0.3, 0.4) is 0 Å². The fourth-order valence-corrected chi connectivity index (χ4v) is 1.23. The van der Waals surface area contributed by atoms with Gasteiger partial charge in [0.15, 0.2) is 0 Å². The molecule has 0 aliphatic heterocycles. The van der Waals surface area contributed by atoms with Gasteiger partial charge in [-0.1, -0.05) is 0 Å². The number of β-amino-alcohol motifs (C(OH)–C–C–N with tert-alkyl or cyclic N) is 1. The van der Waals surface area contributed by atoms with E-state index in [2.05, 4.69) is 10.3 Å². The number of hydrogen-bond acceptors (Lipinski definition) is 5. The second kappa shape index (κ2) is 6.47. The Balaban J connectivity index is 2.31. The van der Waals surface area contributed by atoms with Crippen molar-refractivity contribution in [3.63, 3.8) is 0 Å². The highest BCUT2D eigenvalue weighted by molar-refractivity contribution is 5.89. The Morgan fingerprint density at radius 3 is 2.61 bits per heavy atom. The number of aromatic nitrogens is 1. The number of carbonyl (C=O) groups excluding carboxylic acids is 1. The number of hydrogen-bond donors (Lipinski definition) is 2. The number of aliphatic hydroxyl groups is 1. The maximum absolute atomic E-state index is 11.6. The zero-order valence-corrected chi connectivity index (χ0v) is 11.0. The summed E-state index contributed by atoms with van der Waals surface area (Å²) in [6.07, 6.45) is 2.33. The summed E-state index contributed by atoms with van der Waals surface area (Å²) in [6, 6.07) is 3.14. The molecule has 0 radical (unpaired) electrons. The molecule has 5 nitrogen and oxygen atoms in total. The minimum absolute atomic E-state index is 0.0236. The molecule has 0 amide bonds. The van der Waals surface area contributed by atoms with Crippen LogP contribution < -0.4 is 5.32 Å². The smallest absolute Gasteiger partial charge is 0.338 e. The van der Waals surface area contributed by atoms with E-state index in [-0.39, 0.29) is 12.1 Å². The molecule has 0 fully saturated rings. The predicted octanol–water partition coefficient (Wildman–Crippen LogP) is 0.987. The molecule has 0 aromatic carbocycles. The molecule has 5 heteroatoms. The number of pyridine rings is 1. The molecule has 0 bridgehead atoms. The van der Waals surface area contributed by atoms with Crippen LogP contribution in [-0.2, 0) is 4.74 Å². The SMILES string of the molecule is CC(C)(C)NC[C@@H](O)COC(=O)c1ccncc1. The molecule has 2 N–H and O–H groups in total. The molecule has 0 aliphatic rings. The van der Waals surface area contributed by atoms with E-state index < -0.39 is 12.1 Å². The van der Waals surface area contributed by atoms with Gasteiger partial charge in [-0.25, -0.2) is 4.79 Å². The molecule has 0 saturated heterocycles. The molecule has 1 aromatic rings. The molecule has 18 heavy (non-hydrogen) atoms. The molecule has 1 rings (SSSR count). The molecular formula is C13H20N2O3. The monoisotopic (exact) mass is 252 g/mol. The van der Waals surface area contributed by atoms with Gasteiger partial charge in [-0.15, -0.1) is 0 Å². The number of carbonyl (C=O) groups is 1. The van der Waals surface area contributed by atoms with E-state index in [4.69, 9.17) is 4.74 Å². The quantitative estimate of drug-likeness (QED) is 0.765. The number of nitrogens with zero attached hydrogens (tertiary/aromatic N) is 1. The summed E-state index contributed by atoms with van der Waals surface area (Å²) in [5.74, 6) is -0.452. The Labute approximate surface area is 107 Å². The van der Waals surface area contributed by atoms with E-state index in [0.717, 1.165) is 0 Å². The van der Waals surface area contributed by atoms with Crippen LogP contribution >= 0.6 is 0 Å². The van der Waals surface area contributed by atoms with Gasteiger partial charge < -0.3 is 15.2 Å². The number of ether oxygens (including phenoxy) is 1. The first-order valence-electron chi connectivity index (χ1n) is 5.89. The maximum atomic E-state index is 11.6. The second-order valence-electron chi connectivity index (χ2n) is 5.12. The Bertz CT molecular complexity index is 374. The third kappa shape index (κ3) is 5.75. The lowest BCUT2D eigenvalue weighted by Gasteiger charge is -2.22. The first kappa shape index (κ1) is 14.6. The normalized spacial score (nSPS) is 13.1. The molecule has 0 unspecified atom stereocenters. The van der Waals surface area contributed by atoms with E-state index >= 15 is 0 Å². The van der Waals surface area contributed by atoms with Crippen LogP contribution in [0, 0.1) is 0 Å². The zero-order valence-electron chi connectivity index (χ0n) is 11.0. The van der Waals surface area contributed by atoms with E-state index in [1.165, 1.54) is 12.4 Å². The van der Waals surface area contributed by atoms with Crippen molar-refractivity contribution < 1.29 is 14.6 Å². The summed E-state index contributed by atoms with van der Waals surface area (Å²) in [6.45, 7) is 6.37. The molecule has 100 valence electrons. The van der Waals surface area contributed by atoms with Crippen molar-refractivity contribution in [2.24, 2.45) is 0 Å². The highest BCUT2D eigenvalue weighted by atomic mass is 16.5. The minimum Gasteiger partial charge on any atom is -0.459 e. The number of esters is 1. The summed E-state index contributed by atoms with van der Waals surface area (Å²) in [7, 11) is 0. The molecule has 1 atom stereocenters. The van der Waals surface area contributed by atoms with Crippen LogP contribution in [0.2, 0.25) is 0 Å². The molecule has 0 aliphatic carbocycles. The van der Waals surface area contributed by atoms with Gasteiger partial charge in [0.05, 0.1) is 5.56 Å². The van der Waals surface area contributed by atoms with Crippen molar-refractivity contribution in [1.82, 2.24) is 10.3 Å². The molecule has 0 spiro atoms. The van der Waals surface area contributed by atoms with E-state index in [1.54, 1.807) is 12.1 Å². The van der Waals surface area contributed by atoms with Crippen LogP contribution in [-0.4, -0.2) is 40.9 Å². The van der Waals surface area contributed by atoms with Crippen LogP contribution in [0.4, 0.5) is 0 Å². The highest BCUT2D eigenvalue weighted by Crippen LogP contribution is 2.01. The first-order chi connectivity index (χ1) is 8.38. The van der Waals surface area contributed by atoms with Crippen LogP contribution in [0.25, 0.3) is 0 Å². The van der Waals surface area contributed by atoms with E-state index in [1.807, 2.05) is 20.8 Å². The van der Waals surface area contributed by atoms with Crippen molar-refractivity contribution in [3.8, 4) is 0 Å². The van der Waals surface area contributed by atoms with Gasteiger partial charge in [0, 0.05) is 24.5 Å². The maximum Gasteiger partial charge on any atom is 0.338 e. The molecule has 0 saturated carbocycles. The summed E-state index contributed by atoms with van der Waals surface area (Å²) in [4.78, 5) is 15.4. The van der Waals surface area contributed by atoms with Gasteiger partial charge in [0.2, 0.25) is 0 Å². The van der Waals surface area contributed by atoms with Crippen molar-refractivity contribution in [2.45, 2.75) is 32.4 Å². The van der Waals surface area contributed by atoms with Crippen LogP contribution in [0.15, 0.2) is 24.5 Å². The third-order valence-corrected chi connectivity index (χ3v) is 2.19. The number of nitrogens with one attached hydrogen (secondary N) is 1. The fourth-order valence-electron chi connectivity index (χ4n) is 1.23. The van der Waals surface area contributed by atoms with E-state index in [9.17, 15) is 9.90 Å². The van der Waals surface area contributed by atoms with Gasteiger partial charge in [-0.05, 0) is 32.9 Å². The van der Waals surface area contributed by atoms with E-state index in [0.29, 0.717) is 12.1 Å². The Morgan fingerprint density at radius 2 is 2.06 bits per heavy atom. The summed E-state index contributed by atoms with van der Waals surface area (Å²) < 4.78 is 5.00. The van der Waals surface area contributed by atoms with Crippen molar-refractivity contribution in [1.29, 1.82) is 0 Å². The largest absolute Gasteiger partial charge is 0.459 e. The van der Waals surface area contributed by atoms with Crippen molar-refractivity contribution in [3.05, 3.63) is 30.1 Å². The number of aliphatic hydroxyl groups excluding tert-OH is 1. The Morgan fingerprint density at radius 1 is 1.44 bits per heavy atom. The molecule has 1 aromatic heterocycles. The standard InChI is InChI=1S/C13H20N2O3/c1-13(2,3)15-8-11(16)9-18-12(17)10-4-6-14-7-5-10/h4-7,11,15-16H,8-9H2,1-3H3/t11-/m1/s1. The third-order valence-electron chi connectivity index (χ3n) is 2.19. The summed E-state index contributed by atoms with van der Waals surface area (Å²) in [5.41, 5.74) is 0.358. The zero-order chi connectivity index (χ0) is 13.6. The van der Waals surface area contributed by atoms with Crippen LogP contribution in [0.5, 0.6) is 0 Å². The Hall–Kier alpha value is -1.46. The van der Waals surface area contributed by atoms with Gasteiger partial charge in [0.25, 0.3) is 0 Å². The lowest BCUT2D eigenvalue weighted by atomic mass is 10.1. The van der Waals surface area contributed by atoms with Gasteiger partial charge in [-0.2, -0.15) is 0 Å². The number of rotatable bonds is 5. The van der Waals surface area contributed by atoms with Gasteiger partial charge >= 0.3 is 5.97 Å². The highest BCUT2D eigenvalue weighted by Gasteiger charge is 2.14.